The summed E-state index contributed by atoms with van der Waals surface area (Å²) < 4.78 is 5.24. The van der Waals surface area contributed by atoms with Gasteiger partial charge in [0, 0.05) is 18.7 Å². The Morgan fingerprint density at radius 1 is 1.19 bits per heavy atom. The molecule has 0 spiro atoms. The van der Waals surface area contributed by atoms with Crippen molar-refractivity contribution in [3.05, 3.63) is 35.4 Å². The highest BCUT2D eigenvalue weighted by Crippen LogP contribution is 2.25. The first-order chi connectivity index (χ1) is 14.6. The van der Waals surface area contributed by atoms with E-state index in [1.807, 2.05) is 6.92 Å². The molecule has 0 bridgehead atoms. The zero-order valence-corrected chi connectivity index (χ0v) is 19.5. The number of hydrogen-bond donors (Lipinski definition) is 2. The first kappa shape index (κ1) is 26.0. The molecular formula is C24H35N3O4. The number of ether oxygens (including phenoxy) is 1. The summed E-state index contributed by atoms with van der Waals surface area (Å²) >= 11 is 0. The molecule has 0 aliphatic heterocycles. The van der Waals surface area contributed by atoms with E-state index in [2.05, 4.69) is 16.6 Å². The van der Waals surface area contributed by atoms with Gasteiger partial charge in [0.1, 0.15) is 17.7 Å². The molecule has 0 heterocycles. The maximum Gasteiger partial charge on any atom is 0.408 e. The average Bonchev–Trinajstić information content (AvgIpc) is 2.70. The van der Waals surface area contributed by atoms with Crippen LogP contribution >= 0.6 is 0 Å². The van der Waals surface area contributed by atoms with Gasteiger partial charge in [0.25, 0.3) is 0 Å². The van der Waals surface area contributed by atoms with Crippen LogP contribution in [0.1, 0.15) is 71.6 Å². The van der Waals surface area contributed by atoms with Gasteiger partial charge in [0.2, 0.25) is 11.8 Å². The van der Waals surface area contributed by atoms with Crippen LogP contribution in [0.25, 0.3) is 0 Å². The van der Waals surface area contributed by atoms with Crippen molar-refractivity contribution in [2.45, 2.75) is 72.1 Å². The third kappa shape index (κ3) is 7.97. The highest BCUT2D eigenvalue weighted by Gasteiger charge is 2.34. The molecule has 0 saturated heterocycles. The standard InChI is InChI=1S/C24H35N3O4/c1-8-11-16-25-21(28)20(19-15-13-12-14-18(19)9-2)27(10-3)22(29)17(4)26-23(30)31-24(5,6)7/h2,12-15,17,20H,8,10-11,16H2,1,3-7H3,(H,25,28)(H,26,30). The molecule has 2 atom stereocenters. The highest BCUT2D eigenvalue weighted by molar-refractivity contribution is 5.92. The Labute approximate surface area is 185 Å². The summed E-state index contributed by atoms with van der Waals surface area (Å²) in [5, 5.41) is 5.45. The van der Waals surface area contributed by atoms with Crippen molar-refractivity contribution in [3.8, 4) is 12.3 Å². The van der Waals surface area contributed by atoms with Crippen LogP contribution in [0.5, 0.6) is 0 Å². The van der Waals surface area contributed by atoms with Crippen molar-refractivity contribution in [3.63, 3.8) is 0 Å². The zero-order valence-electron chi connectivity index (χ0n) is 19.5. The number of nitrogens with zero attached hydrogens (tertiary/aromatic N) is 1. The molecule has 1 aromatic carbocycles. The molecule has 7 nitrogen and oxygen atoms in total. The molecule has 7 heteroatoms. The van der Waals surface area contributed by atoms with Crippen LogP contribution in [0.15, 0.2) is 24.3 Å². The largest absolute Gasteiger partial charge is 0.444 e. The Morgan fingerprint density at radius 3 is 2.39 bits per heavy atom. The minimum Gasteiger partial charge on any atom is -0.444 e. The number of carbonyl (C=O) groups excluding carboxylic acids is 3. The molecule has 3 amide bonds. The summed E-state index contributed by atoms with van der Waals surface area (Å²) in [7, 11) is 0. The molecule has 0 aliphatic rings. The first-order valence-electron chi connectivity index (χ1n) is 10.7. The van der Waals surface area contributed by atoms with Gasteiger partial charge < -0.3 is 20.3 Å². The second kappa shape index (κ2) is 12.0. The zero-order chi connectivity index (χ0) is 23.6. The Kier molecular flexibility index (Phi) is 10.1. The van der Waals surface area contributed by atoms with E-state index in [1.54, 1.807) is 58.9 Å². The Bertz CT molecular complexity index is 808. The Hall–Kier alpha value is -3.01. The van der Waals surface area contributed by atoms with Gasteiger partial charge in [-0.1, -0.05) is 37.5 Å². The topological polar surface area (TPSA) is 87.7 Å². The van der Waals surface area contributed by atoms with Crippen LogP contribution in [0.4, 0.5) is 4.79 Å². The number of benzene rings is 1. The predicted molar refractivity (Wildman–Crippen MR) is 121 cm³/mol. The molecule has 0 aliphatic carbocycles. The molecule has 2 N–H and O–H groups in total. The summed E-state index contributed by atoms with van der Waals surface area (Å²) in [6.07, 6.45) is 6.71. The van der Waals surface area contributed by atoms with E-state index in [4.69, 9.17) is 11.2 Å². The van der Waals surface area contributed by atoms with Crippen molar-refractivity contribution >= 4 is 17.9 Å². The van der Waals surface area contributed by atoms with Crippen LogP contribution in [0, 0.1) is 12.3 Å². The van der Waals surface area contributed by atoms with Crippen LogP contribution in [-0.4, -0.2) is 47.5 Å². The molecule has 1 aromatic rings. The van der Waals surface area contributed by atoms with Crippen LogP contribution in [0.3, 0.4) is 0 Å². The fourth-order valence-electron chi connectivity index (χ4n) is 3.06. The van der Waals surface area contributed by atoms with E-state index >= 15 is 0 Å². The van der Waals surface area contributed by atoms with E-state index in [0.29, 0.717) is 17.7 Å². The fraction of sp³-hybridized carbons (Fsp3) is 0.542. The van der Waals surface area contributed by atoms with Gasteiger partial charge in [-0.05, 0) is 52.7 Å². The number of likely N-dealkylation sites (N-methyl/N-ethyl adjacent to an activating group) is 1. The summed E-state index contributed by atoms with van der Waals surface area (Å²) in [6, 6.07) is 5.26. The summed E-state index contributed by atoms with van der Waals surface area (Å²) in [5.74, 6) is 1.88. The number of hydrogen-bond acceptors (Lipinski definition) is 4. The van der Waals surface area contributed by atoms with Gasteiger partial charge in [-0.3, -0.25) is 9.59 Å². The number of alkyl carbamates (subject to hydrolysis) is 1. The molecule has 0 aromatic heterocycles. The highest BCUT2D eigenvalue weighted by atomic mass is 16.6. The van der Waals surface area contributed by atoms with E-state index in [9.17, 15) is 14.4 Å². The van der Waals surface area contributed by atoms with Gasteiger partial charge >= 0.3 is 6.09 Å². The molecule has 170 valence electrons. The smallest absolute Gasteiger partial charge is 0.408 e. The van der Waals surface area contributed by atoms with Gasteiger partial charge in [-0.15, -0.1) is 6.42 Å². The molecule has 0 fully saturated rings. The summed E-state index contributed by atoms with van der Waals surface area (Å²) in [5.41, 5.74) is 0.417. The minimum atomic E-state index is -0.913. The van der Waals surface area contributed by atoms with Crippen molar-refractivity contribution in [2.75, 3.05) is 13.1 Å². The number of amides is 3. The molecular weight excluding hydrogens is 394 g/mol. The average molecular weight is 430 g/mol. The number of unbranched alkanes of at least 4 members (excludes halogenated alkanes) is 1. The monoisotopic (exact) mass is 429 g/mol. The quantitative estimate of drug-likeness (QED) is 0.465. The van der Waals surface area contributed by atoms with Crippen molar-refractivity contribution in [1.29, 1.82) is 0 Å². The maximum absolute atomic E-state index is 13.2. The predicted octanol–water partition coefficient (Wildman–Crippen LogP) is 3.39. The summed E-state index contributed by atoms with van der Waals surface area (Å²) in [4.78, 5) is 39.9. The van der Waals surface area contributed by atoms with Gasteiger partial charge in [0.05, 0.1) is 0 Å². The molecule has 0 radical (unpaired) electrons. The SMILES string of the molecule is C#Cc1ccccc1C(C(=O)NCCCC)N(CC)C(=O)C(C)NC(=O)OC(C)(C)C. The Balaban J connectivity index is 3.21. The van der Waals surface area contributed by atoms with Crippen molar-refractivity contribution < 1.29 is 19.1 Å². The van der Waals surface area contributed by atoms with E-state index in [-0.39, 0.29) is 12.5 Å². The molecule has 1 rings (SSSR count). The maximum atomic E-state index is 13.2. The molecule has 31 heavy (non-hydrogen) atoms. The van der Waals surface area contributed by atoms with Crippen LogP contribution in [-0.2, 0) is 14.3 Å². The second-order valence-electron chi connectivity index (χ2n) is 8.27. The lowest BCUT2D eigenvalue weighted by Gasteiger charge is -2.33. The normalized spacial score (nSPS) is 12.8. The third-order valence-corrected chi connectivity index (χ3v) is 4.53. The van der Waals surface area contributed by atoms with E-state index < -0.39 is 29.7 Å². The lowest BCUT2D eigenvalue weighted by atomic mass is 9.97. The number of nitrogens with one attached hydrogen (secondary N) is 2. The van der Waals surface area contributed by atoms with Crippen LogP contribution in [0.2, 0.25) is 0 Å². The lowest BCUT2D eigenvalue weighted by molar-refractivity contribution is -0.141. The third-order valence-electron chi connectivity index (χ3n) is 4.53. The fourth-order valence-corrected chi connectivity index (χ4v) is 3.06. The number of terminal acetylenes is 1. The first-order valence-corrected chi connectivity index (χ1v) is 10.7. The summed E-state index contributed by atoms with van der Waals surface area (Å²) in [6.45, 7) is 11.4. The molecule has 0 saturated carbocycles. The number of carbonyl (C=O) groups is 3. The van der Waals surface area contributed by atoms with E-state index in [0.717, 1.165) is 12.8 Å². The van der Waals surface area contributed by atoms with E-state index in [1.165, 1.54) is 4.90 Å². The minimum absolute atomic E-state index is 0.254. The van der Waals surface area contributed by atoms with Gasteiger partial charge in [0.15, 0.2) is 0 Å². The number of rotatable bonds is 9. The Morgan fingerprint density at radius 2 is 1.84 bits per heavy atom. The van der Waals surface area contributed by atoms with Gasteiger partial charge in [-0.2, -0.15) is 0 Å². The second-order valence-corrected chi connectivity index (χ2v) is 8.27. The van der Waals surface area contributed by atoms with Crippen molar-refractivity contribution in [2.24, 2.45) is 0 Å². The van der Waals surface area contributed by atoms with Gasteiger partial charge in [-0.25, -0.2) is 4.79 Å². The van der Waals surface area contributed by atoms with Crippen LogP contribution < -0.4 is 10.6 Å². The molecule has 2 unspecified atom stereocenters. The van der Waals surface area contributed by atoms with Crippen molar-refractivity contribution in [1.82, 2.24) is 15.5 Å². The lowest BCUT2D eigenvalue weighted by Crippen LogP contribution is -2.52.